The Balaban J connectivity index is 1.48. The van der Waals surface area contributed by atoms with Crippen molar-refractivity contribution in [3.8, 4) is 11.5 Å². The molecule has 2 aromatic carbocycles. The molecule has 0 aliphatic carbocycles. The lowest BCUT2D eigenvalue weighted by atomic mass is 10.2. The quantitative estimate of drug-likeness (QED) is 0.652. The van der Waals surface area contributed by atoms with Crippen LogP contribution in [0.25, 0.3) is 0 Å². The number of anilines is 1. The van der Waals surface area contributed by atoms with E-state index >= 15 is 0 Å². The maximum atomic E-state index is 11.7. The average molecular weight is 332 g/mol. The predicted octanol–water partition coefficient (Wildman–Crippen LogP) is 2.63. The molecule has 1 aliphatic heterocycles. The number of nitrogens with one attached hydrogen (secondary N) is 2. The van der Waals surface area contributed by atoms with Gasteiger partial charge in [0.15, 0.2) is 11.5 Å². The van der Waals surface area contributed by atoms with Crippen molar-refractivity contribution < 1.29 is 14.3 Å². The van der Waals surface area contributed by atoms with Crippen molar-refractivity contribution in [2.75, 3.05) is 18.7 Å². The molecule has 0 saturated carbocycles. The highest BCUT2D eigenvalue weighted by Gasteiger charge is 2.13. The van der Waals surface area contributed by atoms with E-state index in [0.717, 1.165) is 11.3 Å². The number of hydrogen-bond donors (Lipinski definition) is 2. The molecule has 6 nitrogen and oxygen atoms in total. The molecule has 2 N–H and O–H groups in total. The normalized spacial score (nSPS) is 12.4. The third-order valence-electron chi connectivity index (χ3n) is 3.08. The second kappa shape index (κ2) is 7.02. The van der Waals surface area contributed by atoms with Crippen LogP contribution in [-0.4, -0.2) is 25.5 Å². The van der Waals surface area contributed by atoms with Crippen LogP contribution in [0.1, 0.15) is 5.56 Å². The van der Waals surface area contributed by atoms with E-state index < -0.39 is 0 Å². The van der Waals surface area contributed by atoms with Crippen LogP contribution in [0.15, 0.2) is 47.6 Å². The Morgan fingerprint density at radius 2 is 2.09 bits per heavy atom. The SMILES string of the molecule is O=C(CNc1ccc2c(c1)OCO2)N/N=C\c1cccc(Cl)c1. The van der Waals surface area contributed by atoms with Crippen molar-refractivity contribution >= 4 is 29.4 Å². The van der Waals surface area contributed by atoms with E-state index in [4.69, 9.17) is 21.1 Å². The molecule has 23 heavy (non-hydrogen) atoms. The summed E-state index contributed by atoms with van der Waals surface area (Å²) in [6.45, 7) is 0.310. The number of hydrogen-bond acceptors (Lipinski definition) is 5. The van der Waals surface area contributed by atoms with Crippen LogP contribution in [0.2, 0.25) is 5.02 Å². The van der Waals surface area contributed by atoms with Crippen molar-refractivity contribution in [1.29, 1.82) is 0 Å². The van der Waals surface area contributed by atoms with Crippen molar-refractivity contribution in [1.82, 2.24) is 5.43 Å². The number of nitrogens with zero attached hydrogens (tertiary/aromatic N) is 1. The van der Waals surface area contributed by atoms with Crippen LogP contribution in [0, 0.1) is 0 Å². The minimum Gasteiger partial charge on any atom is -0.454 e. The molecule has 1 amide bonds. The second-order valence-electron chi connectivity index (χ2n) is 4.77. The van der Waals surface area contributed by atoms with E-state index in [2.05, 4.69) is 15.8 Å². The van der Waals surface area contributed by atoms with E-state index in [0.29, 0.717) is 16.5 Å². The number of amides is 1. The van der Waals surface area contributed by atoms with Crippen molar-refractivity contribution in [2.24, 2.45) is 5.10 Å². The van der Waals surface area contributed by atoms with Crippen molar-refractivity contribution in [3.63, 3.8) is 0 Å². The monoisotopic (exact) mass is 331 g/mol. The number of ether oxygens (including phenoxy) is 2. The lowest BCUT2D eigenvalue weighted by Gasteiger charge is -2.06. The number of halogens is 1. The summed E-state index contributed by atoms with van der Waals surface area (Å²) in [5.41, 5.74) is 4.02. The van der Waals surface area contributed by atoms with Crippen LogP contribution in [-0.2, 0) is 4.79 Å². The molecule has 1 heterocycles. The van der Waals surface area contributed by atoms with Gasteiger partial charge in [-0.3, -0.25) is 4.79 Å². The first-order chi connectivity index (χ1) is 11.2. The largest absolute Gasteiger partial charge is 0.454 e. The molecular formula is C16H14ClN3O3. The number of benzene rings is 2. The molecule has 2 aromatic rings. The van der Waals surface area contributed by atoms with Gasteiger partial charge in [0.25, 0.3) is 5.91 Å². The first-order valence-corrected chi connectivity index (χ1v) is 7.29. The molecule has 0 saturated heterocycles. The molecule has 118 valence electrons. The fourth-order valence-corrected chi connectivity index (χ4v) is 2.19. The Kier molecular flexibility index (Phi) is 4.63. The van der Waals surface area contributed by atoms with Crippen LogP contribution in [0.5, 0.6) is 11.5 Å². The zero-order chi connectivity index (χ0) is 16.1. The highest BCUT2D eigenvalue weighted by atomic mass is 35.5. The molecule has 0 spiro atoms. The van der Waals surface area contributed by atoms with Gasteiger partial charge in [-0.2, -0.15) is 5.10 Å². The molecular weight excluding hydrogens is 318 g/mol. The molecule has 1 aliphatic rings. The average Bonchev–Trinajstić information content (AvgIpc) is 3.00. The van der Waals surface area contributed by atoms with Gasteiger partial charge < -0.3 is 14.8 Å². The molecule has 7 heteroatoms. The number of hydrazone groups is 1. The van der Waals surface area contributed by atoms with Gasteiger partial charge in [0.2, 0.25) is 6.79 Å². The van der Waals surface area contributed by atoms with E-state index in [1.165, 1.54) is 6.21 Å². The van der Waals surface area contributed by atoms with E-state index in [9.17, 15) is 4.79 Å². The van der Waals surface area contributed by atoms with Gasteiger partial charge in [-0.15, -0.1) is 0 Å². The molecule has 0 unspecified atom stereocenters. The third kappa shape index (κ3) is 4.14. The Bertz CT molecular complexity index is 749. The van der Waals surface area contributed by atoms with Gasteiger partial charge >= 0.3 is 0 Å². The summed E-state index contributed by atoms with van der Waals surface area (Å²) < 4.78 is 10.5. The van der Waals surface area contributed by atoms with Gasteiger partial charge in [0, 0.05) is 16.8 Å². The van der Waals surface area contributed by atoms with Gasteiger partial charge in [0.05, 0.1) is 12.8 Å². The minimum atomic E-state index is -0.263. The summed E-state index contributed by atoms with van der Waals surface area (Å²) in [5.74, 6) is 1.10. The van der Waals surface area contributed by atoms with E-state index in [1.807, 2.05) is 18.2 Å². The third-order valence-corrected chi connectivity index (χ3v) is 3.31. The second-order valence-corrected chi connectivity index (χ2v) is 5.21. The van der Waals surface area contributed by atoms with Crippen molar-refractivity contribution in [3.05, 3.63) is 53.1 Å². The van der Waals surface area contributed by atoms with Gasteiger partial charge in [-0.05, 0) is 29.8 Å². The highest BCUT2D eigenvalue weighted by Crippen LogP contribution is 2.34. The standard InChI is InChI=1S/C16H14ClN3O3/c17-12-3-1-2-11(6-12)8-19-20-16(21)9-18-13-4-5-14-15(7-13)23-10-22-14/h1-8,18H,9-10H2,(H,20,21)/b19-8-. The topological polar surface area (TPSA) is 72.0 Å². The van der Waals surface area contributed by atoms with Gasteiger partial charge in [-0.1, -0.05) is 23.7 Å². The van der Waals surface area contributed by atoms with Crippen LogP contribution in [0.3, 0.4) is 0 Å². The molecule has 0 bridgehead atoms. The fraction of sp³-hybridized carbons (Fsp3) is 0.125. The van der Waals surface area contributed by atoms with Crippen molar-refractivity contribution in [2.45, 2.75) is 0 Å². The molecule has 0 atom stereocenters. The van der Waals surface area contributed by atoms with Crippen LogP contribution >= 0.6 is 11.6 Å². The number of rotatable bonds is 5. The Hall–Kier alpha value is -2.73. The zero-order valence-electron chi connectivity index (χ0n) is 12.1. The number of carbonyl (C=O) groups is 1. The van der Waals surface area contributed by atoms with Gasteiger partial charge in [0.1, 0.15) is 0 Å². The maximum Gasteiger partial charge on any atom is 0.259 e. The summed E-state index contributed by atoms with van der Waals surface area (Å²) in [4.78, 5) is 11.7. The molecule has 0 fully saturated rings. The zero-order valence-corrected chi connectivity index (χ0v) is 12.8. The van der Waals surface area contributed by atoms with Crippen LogP contribution < -0.4 is 20.2 Å². The van der Waals surface area contributed by atoms with E-state index in [1.54, 1.807) is 24.3 Å². The fourth-order valence-electron chi connectivity index (χ4n) is 1.99. The Labute approximate surface area is 138 Å². The molecule has 0 radical (unpaired) electrons. The van der Waals surface area contributed by atoms with E-state index in [-0.39, 0.29) is 19.2 Å². The summed E-state index contributed by atoms with van der Waals surface area (Å²) >= 11 is 5.87. The first-order valence-electron chi connectivity index (χ1n) is 6.92. The first kappa shape index (κ1) is 15.2. The Morgan fingerprint density at radius 1 is 1.22 bits per heavy atom. The highest BCUT2D eigenvalue weighted by molar-refractivity contribution is 6.30. The summed E-state index contributed by atoms with van der Waals surface area (Å²) in [6.07, 6.45) is 1.53. The molecule has 3 rings (SSSR count). The van der Waals surface area contributed by atoms with Gasteiger partial charge in [-0.25, -0.2) is 5.43 Å². The lowest BCUT2D eigenvalue weighted by Crippen LogP contribution is -2.25. The smallest absolute Gasteiger partial charge is 0.259 e. The lowest BCUT2D eigenvalue weighted by molar-refractivity contribution is -0.119. The minimum absolute atomic E-state index is 0.0898. The summed E-state index contributed by atoms with van der Waals surface area (Å²) in [6, 6.07) is 12.6. The summed E-state index contributed by atoms with van der Waals surface area (Å²) in [5, 5.41) is 7.49. The van der Waals surface area contributed by atoms with Crippen LogP contribution in [0.4, 0.5) is 5.69 Å². The molecule has 0 aromatic heterocycles. The predicted molar refractivity (Wildman–Crippen MR) is 88.2 cm³/mol. The summed E-state index contributed by atoms with van der Waals surface area (Å²) in [7, 11) is 0. The Morgan fingerprint density at radius 3 is 2.96 bits per heavy atom. The maximum absolute atomic E-state index is 11.7. The number of carbonyl (C=O) groups excluding carboxylic acids is 1. The number of fused-ring (bicyclic) bond motifs is 1.